The minimum atomic E-state index is -0.146. The lowest BCUT2D eigenvalue weighted by Gasteiger charge is -2.10. The normalized spacial score (nSPS) is 13.9. The zero-order valence-corrected chi connectivity index (χ0v) is 16.6. The average Bonchev–Trinajstić information content (AvgIpc) is 3.51. The Bertz CT molecular complexity index is 1130. The number of allylic oxidation sites excluding steroid dienone is 2. The molecule has 0 atom stereocenters. The van der Waals surface area contributed by atoms with E-state index in [1.165, 1.54) is 6.33 Å². The molecule has 1 fully saturated rings. The maximum atomic E-state index is 12.5. The molecule has 0 amide bonds. The van der Waals surface area contributed by atoms with Crippen LogP contribution in [0.3, 0.4) is 0 Å². The molecule has 0 spiro atoms. The van der Waals surface area contributed by atoms with E-state index in [1.54, 1.807) is 0 Å². The molecule has 3 aromatic rings. The monoisotopic (exact) mass is 432 g/mol. The summed E-state index contributed by atoms with van der Waals surface area (Å²) in [5.41, 5.74) is 2.79. The molecule has 1 aromatic heterocycles. The molecular formula is C22H17BrN4O. The van der Waals surface area contributed by atoms with Crippen molar-refractivity contribution in [3.63, 3.8) is 0 Å². The van der Waals surface area contributed by atoms with E-state index in [9.17, 15) is 10.1 Å². The van der Waals surface area contributed by atoms with Crippen LogP contribution < -0.4 is 5.32 Å². The van der Waals surface area contributed by atoms with E-state index in [-0.39, 0.29) is 17.8 Å². The van der Waals surface area contributed by atoms with Crippen molar-refractivity contribution in [3.8, 4) is 6.07 Å². The number of rotatable bonds is 6. The number of halogens is 1. The Morgan fingerprint density at radius 3 is 2.86 bits per heavy atom. The summed E-state index contributed by atoms with van der Waals surface area (Å²) in [5.74, 6) is 0.920. The van der Waals surface area contributed by atoms with Crippen molar-refractivity contribution in [2.24, 2.45) is 5.92 Å². The fourth-order valence-corrected chi connectivity index (χ4v) is 3.39. The lowest BCUT2D eigenvalue weighted by atomic mass is 10.0. The summed E-state index contributed by atoms with van der Waals surface area (Å²) in [6, 6.07) is 15.5. The zero-order chi connectivity index (χ0) is 19.5. The summed E-state index contributed by atoms with van der Waals surface area (Å²) in [4.78, 5) is 21.2. The van der Waals surface area contributed by atoms with Gasteiger partial charge in [-0.05, 0) is 54.7 Å². The highest BCUT2D eigenvalue weighted by Crippen LogP contribution is 2.31. The molecule has 0 bridgehead atoms. The summed E-state index contributed by atoms with van der Waals surface area (Å²) >= 11 is 3.46. The second-order valence-electron chi connectivity index (χ2n) is 6.84. The van der Waals surface area contributed by atoms with Crippen LogP contribution in [0.2, 0.25) is 0 Å². The predicted octanol–water partition coefficient (Wildman–Crippen LogP) is 5.11. The number of aromatic nitrogens is 2. The smallest absolute Gasteiger partial charge is 0.177 e. The molecule has 0 unspecified atom stereocenters. The van der Waals surface area contributed by atoms with Gasteiger partial charge in [0.15, 0.2) is 5.78 Å². The fourth-order valence-electron chi connectivity index (χ4n) is 2.99. The molecule has 1 saturated carbocycles. The number of nitrogens with zero attached hydrogens (tertiary/aromatic N) is 3. The molecule has 1 aliphatic rings. The number of ketones is 1. The van der Waals surface area contributed by atoms with Gasteiger partial charge in [-0.3, -0.25) is 4.79 Å². The van der Waals surface area contributed by atoms with Crippen LogP contribution in [0.15, 0.2) is 64.9 Å². The molecule has 1 heterocycles. The number of nitrogens with one attached hydrogen (secondary N) is 1. The van der Waals surface area contributed by atoms with Gasteiger partial charge in [0, 0.05) is 22.0 Å². The molecule has 0 radical (unpaired) electrons. The first-order valence-corrected chi connectivity index (χ1v) is 9.83. The van der Waals surface area contributed by atoms with Gasteiger partial charge < -0.3 is 5.32 Å². The van der Waals surface area contributed by atoms with Crippen molar-refractivity contribution in [3.05, 3.63) is 70.5 Å². The van der Waals surface area contributed by atoms with Crippen LogP contribution in [-0.2, 0) is 11.2 Å². The van der Waals surface area contributed by atoms with E-state index in [1.807, 2.05) is 48.5 Å². The molecule has 0 aliphatic heterocycles. The van der Waals surface area contributed by atoms with Crippen LogP contribution in [0.25, 0.3) is 10.9 Å². The number of nitriles is 1. The van der Waals surface area contributed by atoms with Gasteiger partial charge in [-0.2, -0.15) is 5.26 Å². The number of fused-ring (bicyclic) bond motifs is 1. The Morgan fingerprint density at radius 1 is 1.25 bits per heavy atom. The third-order valence-electron chi connectivity index (χ3n) is 4.60. The van der Waals surface area contributed by atoms with Crippen LogP contribution in [0.1, 0.15) is 18.4 Å². The number of benzene rings is 2. The Labute approximate surface area is 171 Å². The number of anilines is 2. The number of hydrogen-bond acceptors (Lipinski definition) is 5. The van der Waals surface area contributed by atoms with E-state index >= 15 is 0 Å². The van der Waals surface area contributed by atoms with E-state index in [4.69, 9.17) is 0 Å². The SMILES string of the molecule is N#C/C(=C\C1CC1)C(=O)Cc1ccc2ncnc(Nc3cccc(Br)c3)c2c1. The number of Topliss-reactive ketones (excluding diaryl/α,β-unsaturated/α-hetero) is 1. The largest absolute Gasteiger partial charge is 0.340 e. The number of carbonyl (C=O) groups is 1. The molecule has 0 saturated heterocycles. The molecule has 6 heteroatoms. The topological polar surface area (TPSA) is 78.7 Å². The molecule has 1 N–H and O–H groups in total. The Balaban J connectivity index is 1.62. The maximum absolute atomic E-state index is 12.5. The minimum absolute atomic E-state index is 0.146. The van der Waals surface area contributed by atoms with Crippen LogP contribution in [0.4, 0.5) is 11.5 Å². The van der Waals surface area contributed by atoms with E-state index in [0.717, 1.165) is 39.5 Å². The maximum Gasteiger partial charge on any atom is 0.177 e. The van der Waals surface area contributed by atoms with Gasteiger partial charge in [-0.15, -0.1) is 0 Å². The summed E-state index contributed by atoms with van der Waals surface area (Å²) in [6.45, 7) is 0. The van der Waals surface area contributed by atoms with Gasteiger partial charge in [0.2, 0.25) is 0 Å². The summed E-state index contributed by atoms with van der Waals surface area (Å²) in [6.07, 6.45) is 5.65. The first-order chi connectivity index (χ1) is 13.6. The van der Waals surface area contributed by atoms with Crippen LogP contribution in [0, 0.1) is 17.2 Å². The lowest BCUT2D eigenvalue weighted by molar-refractivity contribution is -0.114. The first-order valence-electron chi connectivity index (χ1n) is 9.04. The van der Waals surface area contributed by atoms with Crippen LogP contribution in [-0.4, -0.2) is 15.8 Å². The highest BCUT2D eigenvalue weighted by molar-refractivity contribution is 9.10. The van der Waals surface area contributed by atoms with Gasteiger partial charge in [0.05, 0.1) is 11.1 Å². The first kappa shape index (κ1) is 18.3. The van der Waals surface area contributed by atoms with Crippen molar-refractivity contribution >= 4 is 44.1 Å². The van der Waals surface area contributed by atoms with Gasteiger partial charge in [-0.25, -0.2) is 9.97 Å². The van der Waals surface area contributed by atoms with Crippen molar-refractivity contribution in [2.75, 3.05) is 5.32 Å². The Hall–Kier alpha value is -3.04. The van der Waals surface area contributed by atoms with Crippen LogP contribution >= 0.6 is 15.9 Å². The fraction of sp³-hybridized carbons (Fsp3) is 0.182. The highest BCUT2D eigenvalue weighted by atomic mass is 79.9. The van der Waals surface area contributed by atoms with Crippen molar-refractivity contribution in [1.82, 2.24) is 9.97 Å². The summed E-state index contributed by atoms with van der Waals surface area (Å²) < 4.78 is 0.966. The average molecular weight is 433 g/mol. The summed E-state index contributed by atoms with van der Waals surface area (Å²) in [5, 5.41) is 13.4. The van der Waals surface area contributed by atoms with E-state index < -0.39 is 0 Å². The Kier molecular flexibility index (Phi) is 5.18. The van der Waals surface area contributed by atoms with Gasteiger partial charge >= 0.3 is 0 Å². The molecule has 4 rings (SSSR count). The molecule has 138 valence electrons. The predicted molar refractivity (Wildman–Crippen MR) is 112 cm³/mol. The lowest BCUT2D eigenvalue weighted by Crippen LogP contribution is -2.06. The van der Waals surface area contributed by atoms with Crippen molar-refractivity contribution in [2.45, 2.75) is 19.3 Å². The van der Waals surface area contributed by atoms with Crippen molar-refractivity contribution < 1.29 is 4.79 Å². The second-order valence-corrected chi connectivity index (χ2v) is 7.75. The zero-order valence-electron chi connectivity index (χ0n) is 15.0. The number of hydrogen-bond donors (Lipinski definition) is 1. The standard InChI is InChI=1S/C22H17BrN4O/c23-17-2-1-3-18(11-17)27-22-19-9-15(6-7-20(19)25-13-26-22)10-21(28)16(12-24)8-14-4-5-14/h1-3,6-9,11,13-14H,4-5,10H2,(H,25,26,27)/b16-8+. The minimum Gasteiger partial charge on any atom is -0.340 e. The van der Waals surface area contributed by atoms with Gasteiger partial charge in [-0.1, -0.05) is 34.1 Å². The third-order valence-corrected chi connectivity index (χ3v) is 5.09. The molecule has 1 aliphatic carbocycles. The number of carbonyl (C=O) groups excluding carboxylic acids is 1. The van der Waals surface area contributed by atoms with Crippen LogP contribution in [0.5, 0.6) is 0 Å². The quantitative estimate of drug-likeness (QED) is 0.432. The molecule has 5 nitrogen and oxygen atoms in total. The van der Waals surface area contributed by atoms with E-state index in [0.29, 0.717) is 11.7 Å². The van der Waals surface area contributed by atoms with Gasteiger partial charge in [0.1, 0.15) is 18.2 Å². The molecule has 28 heavy (non-hydrogen) atoms. The second kappa shape index (κ2) is 7.91. The van der Waals surface area contributed by atoms with Gasteiger partial charge in [0.25, 0.3) is 0 Å². The Morgan fingerprint density at radius 2 is 2.11 bits per heavy atom. The molecule has 2 aromatic carbocycles. The third kappa shape index (κ3) is 4.26. The summed E-state index contributed by atoms with van der Waals surface area (Å²) in [7, 11) is 0. The molecular weight excluding hydrogens is 416 g/mol. The highest BCUT2D eigenvalue weighted by Gasteiger charge is 2.21. The van der Waals surface area contributed by atoms with E-state index in [2.05, 4.69) is 37.3 Å². The van der Waals surface area contributed by atoms with Crippen molar-refractivity contribution in [1.29, 1.82) is 5.26 Å².